The molecule has 0 aliphatic heterocycles. The Morgan fingerprint density at radius 3 is 2.48 bits per heavy atom. The zero-order valence-corrected chi connectivity index (χ0v) is 11.1. The SMILES string of the molecule is CCOC(=O)C(=[N+]=[N-])C(=O)/C(=C/c1ccccc1)N=[N+]=[N-]. The number of allylic oxidation sites excluding steroid dienone is 1. The number of benzene rings is 1. The maximum Gasteiger partial charge on any atom is 0.446 e. The van der Waals surface area contributed by atoms with Gasteiger partial charge in [-0.15, -0.1) is 0 Å². The van der Waals surface area contributed by atoms with Crippen molar-refractivity contribution in [2.45, 2.75) is 6.92 Å². The number of esters is 1. The number of rotatable bonds is 6. The lowest BCUT2D eigenvalue weighted by Gasteiger charge is -1.98. The van der Waals surface area contributed by atoms with E-state index in [0.717, 1.165) is 0 Å². The zero-order chi connectivity index (χ0) is 15.7. The summed E-state index contributed by atoms with van der Waals surface area (Å²) in [4.78, 5) is 28.7. The molecule has 1 rings (SSSR count). The molecule has 0 N–H and O–H groups in total. The lowest BCUT2D eigenvalue weighted by molar-refractivity contribution is -0.141. The summed E-state index contributed by atoms with van der Waals surface area (Å²) < 4.78 is 4.58. The van der Waals surface area contributed by atoms with Gasteiger partial charge in [0, 0.05) is 4.91 Å². The fourth-order valence-corrected chi connectivity index (χ4v) is 1.39. The van der Waals surface area contributed by atoms with Crippen LogP contribution in [-0.2, 0) is 14.3 Å². The van der Waals surface area contributed by atoms with E-state index in [9.17, 15) is 9.59 Å². The van der Waals surface area contributed by atoms with Gasteiger partial charge in [-0.1, -0.05) is 35.4 Å². The molecule has 0 atom stereocenters. The molecular weight excluding hydrogens is 274 g/mol. The number of hydrogen-bond acceptors (Lipinski definition) is 4. The fraction of sp³-hybridized carbons (Fsp3) is 0.154. The molecule has 0 saturated heterocycles. The van der Waals surface area contributed by atoms with Gasteiger partial charge in [0.1, 0.15) is 0 Å². The molecule has 0 bridgehead atoms. The highest BCUT2D eigenvalue weighted by atomic mass is 16.5. The molecule has 0 unspecified atom stereocenters. The van der Waals surface area contributed by atoms with E-state index in [1.54, 1.807) is 30.3 Å². The van der Waals surface area contributed by atoms with Crippen molar-refractivity contribution >= 4 is 23.5 Å². The van der Waals surface area contributed by atoms with E-state index in [1.807, 2.05) is 0 Å². The van der Waals surface area contributed by atoms with Crippen molar-refractivity contribution in [1.82, 2.24) is 0 Å². The molecule has 106 valence electrons. The minimum absolute atomic E-state index is 0.00435. The number of carbonyl (C=O) groups is 2. The van der Waals surface area contributed by atoms with Gasteiger partial charge >= 0.3 is 11.7 Å². The molecule has 1 aromatic carbocycles. The monoisotopic (exact) mass is 285 g/mol. The summed E-state index contributed by atoms with van der Waals surface area (Å²) in [6, 6.07) is 8.54. The van der Waals surface area contributed by atoms with Crippen molar-refractivity contribution in [2.75, 3.05) is 6.61 Å². The molecule has 0 aromatic heterocycles. The van der Waals surface area contributed by atoms with Crippen LogP contribution in [0.4, 0.5) is 0 Å². The van der Waals surface area contributed by atoms with Gasteiger partial charge in [0.25, 0.3) is 5.78 Å². The fourth-order valence-electron chi connectivity index (χ4n) is 1.39. The summed E-state index contributed by atoms with van der Waals surface area (Å²) in [6.45, 7) is 1.54. The van der Waals surface area contributed by atoms with Crippen LogP contribution in [0.5, 0.6) is 0 Å². The van der Waals surface area contributed by atoms with E-state index in [2.05, 4.69) is 19.6 Å². The Morgan fingerprint density at radius 2 is 1.95 bits per heavy atom. The lowest BCUT2D eigenvalue weighted by atomic mass is 10.1. The second-order valence-corrected chi connectivity index (χ2v) is 3.63. The number of carbonyl (C=O) groups excluding carboxylic acids is 2. The maximum atomic E-state index is 12.1. The third kappa shape index (κ3) is 4.43. The number of Topliss-reactive ketones (excluding diaryl/α,β-unsaturated/α-hetero) is 1. The smallest absolute Gasteiger partial charge is 0.446 e. The first-order valence-electron chi connectivity index (χ1n) is 5.89. The molecular formula is C13H11N5O3. The first-order valence-corrected chi connectivity index (χ1v) is 5.89. The van der Waals surface area contributed by atoms with Gasteiger partial charge < -0.3 is 10.3 Å². The number of nitrogens with zero attached hydrogens (tertiary/aromatic N) is 5. The highest BCUT2D eigenvalue weighted by molar-refractivity contribution is 6.65. The second-order valence-electron chi connectivity index (χ2n) is 3.63. The minimum atomic E-state index is -1.10. The Kier molecular flexibility index (Phi) is 6.08. The van der Waals surface area contributed by atoms with Crippen LogP contribution in [0, 0.1) is 0 Å². The molecule has 0 saturated carbocycles. The highest BCUT2D eigenvalue weighted by Gasteiger charge is 2.33. The van der Waals surface area contributed by atoms with Crippen LogP contribution in [0.15, 0.2) is 41.1 Å². The quantitative estimate of drug-likeness (QED) is 0.151. The van der Waals surface area contributed by atoms with Crippen LogP contribution in [0.25, 0.3) is 22.0 Å². The summed E-state index contributed by atoms with van der Waals surface area (Å²) in [5.41, 5.74) is 16.6. The van der Waals surface area contributed by atoms with Crippen molar-refractivity contribution in [2.24, 2.45) is 5.11 Å². The van der Waals surface area contributed by atoms with Crippen LogP contribution in [0.1, 0.15) is 12.5 Å². The molecule has 8 nitrogen and oxygen atoms in total. The summed E-state index contributed by atoms with van der Waals surface area (Å²) in [7, 11) is 0. The Bertz CT molecular complexity index is 668. The van der Waals surface area contributed by atoms with Gasteiger partial charge in [-0.25, -0.2) is 4.79 Å². The van der Waals surface area contributed by atoms with E-state index in [1.165, 1.54) is 13.0 Å². The van der Waals surface area contributed by atoms with E-state index >= 15 is 0 Å². The highest BCUT2D eigenvalue weighted by Crippen LogP contribution is 2.10. The molecule has 1 aromatic rings. The number of ketones is 1. The summed E-state index contributed by atoms with van der Waals surface area (Å²) in [6.07, 6.45) is 1.27. The van der Waals surface area contributed by atoms with Gasteiger partial charge in [-0.05, 0) is 24.1 Å². The Balaban J connectivity index is 3.20. The molecule has 0 fully saturated rings. The van der Waals surface area contributed by atoms with Gasteiger partial charge in [-0.3, -0.25) is 4.79 Å². The second kappa shape index (κ2) is 8.06. The average molecular weight is 285 g/mol. The van der Waals surface area contributed by atoms with Crippen LogP contribution in [0.2, 0.25) is 0 Å². The molecule has 0 radical (unpaired) electrons. The van der Waals surface area contributed by atoms with Crippen LogP contribution < -0.4 is 0 Å². The zero-order valence-electron chi connectivity index (χ0n) is 11.1. The van der Waals surface area contributed by atoms with Gasteiger partial charge in [0.15, 0.2) is 0 Å². The third-order valence-corrected chi connectivity index (χ3v) is 2.27. The molecule has 0 aliphatic rings. The van der Waals surface area contributed by atoms with Gasteiger partial charge in [0.2, 0.25) is 0 Å². The van der Waals surface area contributed by atoms with Crippen LogP contribution >= 0.6 is 0 Å². The summed E-state index contributed by atoms with van der Waals surface area (Å²) in [5.74, 6) is -2.13. The van der Waals surface area contributed by atoms with E-state index < -0.39 is 17.5 Å². The first-order chi connectivity index (χ1) is 10.1. The topological polar surface area (TPSA) is 129 Å². The van der Waals surface area contributed by atoms with Crippen molar-refractivity contribution < 1.29 is 19.1 Å². The molecule has 0 amide bonds. The predicted octanol–water partition coefficient (Wildman–Crippen LogP) is 2.14. The maximum absolute atomic E-state index is 12.1. The lowest BCUT2D eigenvalue weighted by Crippen LogP contribution is -2.28. The van der Waals surface area contributed by atoms with Gasteiger partial charge in [0.05, 0.1) is 12.3 Å². The molecule has 8 heteroatoms. The molecule has 0 aliphatic carbocycles. The molecule has 21 heavy (non-hydrogen) atoms. The number of azide groups is 1. The predicted molar refractivity (Wildman–Crippen MR) is 73.8 cm³/mol. The summed E-state index contributed by atoms with van der Waals surface area (Å²) >= 11 is 0. The first kappa shape index (κ1) is 15.8. The van der Waals surface area contributed by atoms with E-state index in [4.69, 9.17) is 11.1 Å². The van der Waals surface area contributed by atoms with Crippen molar-refractivity contribution in [3.05, 3.63) is 57.6 Å². The van der Waals surface area contributed by atoms with E-state index in [0.29, 0.717) is 5.56 Å². The van der Waals surface area contributed by atoms with Crippen molar-refractivity contribution in [3.8, 4) is 0 Å². The average Bonchev–Trinajstić information content (AvgIpc) is 2.49. The van der Waals surface area contributed by atoms with Crippen molar-refractivity contribution in [3.63, 3.8) is 0 Å². The Labute approximate surface area is 119 Å². The Morgan fingerprint density at radius 1 is 1.29 bits per heavy atom. The molecule has 0 spiro atoms. The van der Waals surface area contributed by atoms with Crippen LogP contribution in [-0.4, -0.2) is 28.9 Å². The van der Waals surface area contributed by atoms with E-state index in [-0.39, 0.29) is 12.3 Å². The summed E-state index contributed by atoms with van der Waals surface area (Å²) in [5, 5.41) is 3.22. The minimum Gasteiger partial charge on any atom is -0.457 e. The van der Waals surface area contributed by atoms with Crippen molar-refractivity contribution in [1.29, 1.82) is 0 Å². The number of ether oxygens (including phenoxy) is 1. The molecule has 0 heterocycles. The normalized spacial score (nSPS) is 10.0. The van der Waals surface area contributed by atoms with Gasteiger partial charge in [-0.2, -0.15) is 4.79 Å². The standard InChI is InChI=1S/C13H11N5O3/c1-2-21-13(20)11(16-14)12(19)10(17-18-15)8-9-6-4-3-5-7-9/h3-8H,2H2,1H3/b10-8-. The number of hydrogen-bond donors (Lipinski definition) is 0. The third-order valence-electron chi connectivity index (χ3n) is 2.27. The largest absolute Gasteiger partial charge is 0.457 e. The Hall–Kier alpha value is -3.21. The van der Waals surface area contributed by atoms with Crippen LogP contribution in [0.3, 0.4) is 0 Å².